The van der Waals surface area contributed by atoms with E-state index >= 15 is 0 Å². The van der Waals surface area contributed by atoms with Crippen molar-refractivity contribution in [2.45, 2.75) is 13.0 Å². The molecule has 2 aromatic rings. The Hall–Kier alpha value is -2.82. The highest BCUT2D eigenvalue weighted by Gasteiger charge is 2.35. The van der Waals surface area contributed by atoms with Crippen molar-refractivity contribution in [1.82, 2.24) is 10.2 Å². The van der Waals surface area contributed by atoms with E-state index < -0.39 is 6.04 Å². The predicted octanol–water partition coefficient (Wildman–Crippen LogP) is 2.32. The van der Waals surface area contributed by atoms with Crippen molar-refractivity contribution in [3.63, 3.8) is 0 Å². The number of ether oxygens (including phenoxy) is 1. The van der Waals surface area contributed by atoms with E-state index in [4.69, 9.17) is 4.74 Å². The minimum Gasteiger partial charge on any atom is -0.497 e. The maximum Gasteiger partial charge on any atom is 0.254 e. The molecule has 5 nitrogen and oxygen atoms in total. The number of carbonyl (C=O) groups excluding carboxylic acids is 2. The number of hydrogen-bond donors (Lipinski definition) is 1. The van der Waals surface area contributed by atoms with Crippen LogP contribution in [0.2, 0.25) is 0 Å². The third kappa shape index (κ3) is 2.97. The average molecular weight is 324 g/mol. The van der Waals surface area contributed by atoms with E-state index in [0.717, 1.165) is 11.1 Å². The monoisotopic (exact) mass is 324 g/mol. The first-order chi connectivity index (χ1) is 11.6. The number of amides is 2. The Bertz CT molecular complexity index is 755. The van der Waals surface area contributed by atoms with Crippen LogP contribution >= 0.6 is 0 Å². The van der Waals surface area contributed by atoms with Crippen LogP contribution in [-0.4, -0.2) is 36.9 Å². The second-order valence-corrected chi connectivity index (χ2v) is 5.78. The molecule has 3 rings (SSSR count). The summed E-state index contributed by atoms with van der Waals surface area (Å²) in [7, 11) is 1.58. The van der Waals surface area contributed by atoms with Gasteiger partial charge >= 0.3 is 0 Å². The fourth-order valence-corrected chi connectivity index (χ4v) is 2.99. The Morgan fingerprint density at radius 1 is 1.17 bits per heavy atom. The second kappa shape index (κ2) is 6.74. The van der Waals surface area contributed by atoms with Gasteiger partial charge < -0.3 is 15.0 Å². The van der Waals surface area contributed by atoms with Crippen molar-refractivity contribution in [3.05, 3.63) is 65.2 Å². The number of benzene rings is 2. The number of nitrogens with one attached hydrogen (secondary N) is 1. The molecule has 0 bridgehead atoms. The quantitative estimate of drug-likeness (QED) is 0.942. The first-order valence-electron chi connectivity index (χ1n) is 7.90. The average Bonchev–Trinajstić information content (AvgIpc) is 2.62. The Morgan fingerprint density at radius 3 is 2.54 bits per heavy atom. The zero-order valence-corrected chi connectivity index (χ0v) is 13.8. The van der Waals surface area contributed by atoms with E-state index in [-0.39, 0.29) is 11.8 Å². The molecule has 1 fully saturated rings. The summed E-state index contributed by atoms with van der Waals surface area (Å²) in [6.07, 6.45) is 0. The number of aryl methyl sites for hydroxylation is 1. The molecule has 124 valence electrons. The van der Waals surface area contributed by atoms with Crippen LogP contribution in [0.25, 0.3) is 0 Å². The van der Waals surface area contributed by atoms with Crippen LogP contribution in [0.3, 0.4) is 0 Å². The topological polar surface area (TPSA) is 58.6 Å². The molecule has 1 atom stereocenters. The number of rotatable bonds is 3. The SMILES string of the molecule is COc1ccc(C(=O)N2CCNC(=O)C2c2ccccc2C)cc1. The summed E-state index contributed by atoms with van der Waals surface area (Å²) in [5.74, 6) is 0.400. The fourth-order valence-electron chi connectivity index (χ4n) is 2.99. The molecule has 1 saturated heterocycles. The number of carbonyl (C=O) groups is 2. The van der Waals surface area contributed by atoms with Crippen LogP contribution in [0.1, 0.15) is 27.5 Å². The van der Waals surface area contributed by atoms with Gasteiger partial charge in [0.25, 0.3) is 5.91 Å². The standard InChI is InChI=1S/C19H20N2O3/c1-13-5-3-4-6-16(13)17-18(22)20-11-12-21(17)19(23)14-7-9-15(24-2)10-8-14/h3-10,17H,11-12H2,1-2H3,(H,20,22). The van der Waals surface area contributed by atoms with Gasteiger partial charge in [-0.15, -0.1) is 0 Å². The predicted molar refractivity (Wildman–Crippen MR) is 91.0 cm³/mol. The first kappa shape index (κ1) is 16.1. The minimum atomic E-state index is -0.602. The van der Waals surface area contributed by atoms with Crippen LogP contribution < -0.4 is 10.1 Å². The summed E-state index contributed by atoms with van der Waals surface area (Å²) in [6, 6.07) is 14.0. The molecule has 5 heteroatoms. The fraction of sp³-hybridized carbons (Fsp3) is 0.263. The summed E-state index contributed by atoms with van der Waals surface area (Å²) in [5, 5.41) is 2.86. The van der Waals surface area contributed by atoms with Gasteiger partial charge in [-0.3, -0.25) is 9.59 Å². The zero-order valence-electron chi connectivity index (χ0n) is 13.8. The van der Waals surface area contributed by atoms with Crippen molar-refractivity contribution < 1.29 is 14.3 Å². The van der Waals surface area contributed by atoms with Crippen molar-refractivity contribution in [1.29, 1.82) is 0 Å². The van der Waals surface area contributed by atoms with Crippen LogP contribution in [0.15, 0.2) is 48.5 Å². The van der Waals surface area contributed by atoms with E-state index in [1.54, 1.807) is 36.3 Å². The lowest BCUT2D eigenvalue weighted by Gasteiger charge is -2.36. The van der Waals surface area contributed by atoms with E-state index in [1.807, 2.05) is 31.2 Å². The van der Waals surface area contributed by atoms with Crippen LogP contribution in [0, 0.1) is 6.92 Å². The summed E-state index contributed by atoms with van der Waals surface area (Å²) >= 11 is 0. The van der Waals surface area contributed by atoms with Gasteiger partial charge in [-0.05, 0) is 42.3 Å². The van der Waals surface area contributed by atoms with Gasteiger partial charge in [-0.2, -0.15) is 0 Å². The maximum atomic E-state index is 12.9. The van der Waals surface area contributed by atoms with E-state index in [0.29, 0.717) is 24.4 Å². The van der Waals surface area contributed by atoms with Crippen LogP contribution in [0.4, 0.5) is 0 Å². The van der Waals surface area contributed by atoms with Gasteiger partial charge in [0.05, 0.1) is 7.11 Å². The molecule has 2 aromatic carbocycles. The van der Waals surface area contributed by atoms with Crippen LogP contribution in [0.5, 0.6) is 5.75 Å². The van der Waals surface area contributed by atoms with Crippen molar-refractivity contribution in [2.24, 2.45) is 0 Å². The lowest BCUT2D eigenvalue weighted by atomic mass is 9.97. The number of piperazine rings is 1. The lowest BCUT2D eigenvalue weighted by molar-refractivity contribution is -0.128. The normalized spacial score (nSPS) is 17.3. The van der Waals surface area contributed by atoms with Gasteiger partial charge in [-0.25, -0.2) is 0 Å². The number of nitrogens with zero attached hydrogens (tertiary/aromatic N) is 1. The highest BCUT2D eigenvalue weighted by Crippen LogP contribution is 2.27. The van der Waals surface area contributed by atoms with Crippen LogP contribution in [-0.2, 0) is 4.79 Å². The van der Waals surface area contributed by atoms with Gasteiger partial charge in [-0.1, -0.05) is 24.3 Å². The van der Waals surface area contributed by atoms with Gasteiger partial charge in [0.2, 0.25) is 5.91 Å². The molecule has 0 spiro atoms. The first-order valence-corrected chi connectivity index (χ1v) is 7.90. The molecule has 0 saturated carbocycles. The Kier molecular flexibility index (Phi) is 4.51. The van der Waals surface area contributed by atoms with Crippen molar-refractivity contribution in [3.8, 4) is 5.75 Å². The smallest absolute Gasteiger partial charge is 0.254 e. The molecule has 24 heavy (non-hydrogen) atoms. The van der Waals surface area contributed by atoms with E-state index in [1.165, 1.54) is 0 Å². The third-order valence-electron chi connectivity index (χ3n) is 4.29. The molecule has 0 radical (unpaired) electrons. The molecule has 0 aromatic heterocycles. The molecule has 1 heterocycles. The number of hydrogen-bond acceptors (Lipinski definition) is 3. The highest BCUT2D eigenvalue weighted by molar-refractivity contribution is 5.98. The highest BCUT2D eigenvalue weighted by atomic mass is 16.5. The van der Waals surface area contributed by atoms with E-state index in [9.17, 15) is 9.59 Å². The van der Waals surface area contributed by atoms with Crippen molar-refractivity contribution >= 4 is 11.8 Å². The molecule has 1 N–H and O–H groups in total. The maximum absolute atomic E-state index is 12.9. The molecular formula is C19H20N2O3. The molecule has 2 amide bonds. The van der Waals surface area contributed by atoms with E-state index in [2.05, 4.69) is 5.32 Å². The Morgan fingerprint density at radius 2 is 1.88 bits per heavy atom. The van der Waals surface area contributed by atoms with Gasteiger partial charge in [0, 0.05) is 18.7 Å². The summed E-state index contributed by atoms with van der Waals surface area (Å²) in [5.41, 5.74) is 2.40. The van der Waals surface area contributed by atoms with Gasteiger partial charge in [0.1, 0.15) is 11.8 Å². The third-order valence-corrected chi connectivity index (χ3v) is 4.29. The van der Waals surface area contributed by atoms with Crippen molar-refractivity contribution in [2.75, 3.05) is 20.2 Å². The molecule has 1 unspecified atom stereocenters. The number of methoxy groups -OCH3 is 1. The second-order valence-electron chi connectivity index (χ2n) is 5.78. The molecular weight excluding hydrogens is 304 g/mol. The zero-order chi connectivity index (χ0) is 17.1. The Labute approximate surface area is 141 Å². The van der Waals surface area contributed by atoms with Gasteiger partial charge in [0.15, 0.2) is 0 Å². The molecule has 0 aliphatic carbocycles. The molecule has 1 aliphatic heterocycles. The summed E-state index contributed by atoms with van der Waals surface area (Å²) < 4.78 is 5.13. The minimum absolute atomic E-state index is 0.141. The largest absolute Gasteiger partial charge is 0.497 e. The summed E-state index contributed by atoms with van der Waals surface area (Å²) in [4.78, 5) is 27.1. The lowest BCUT2D eigenvalue weighted by Crippen LogP contribution is -2.52. The summed E-state index contributed by atoms with van der Waals surface area (Å²) in [6.45, 7) is 2.89. The Balaban J connectivity index is 1.95. The molecule has 1 aliphatic rings.